The van der Waals surface area contributed by atoms with Gasteiger partial charge in [-0.25, -0.2) is 8.42 Å². The molecule has 2 aromatic carbocycles. The highest BCUT2D eigenvalue weighted by Crippen LogP contribution is 2.29. The van der Waals surface area contributed by atoms with Gasteiger partial charge in [-0.3, -0.25) is 0 Å². The molecule has 0 saturated heterocycles. The van der Waals surface area contributed by atoms with Crippen LogP contribution in [-0.4, -0.2) is 20.7 Å². The average Bonchev–Trinajstić information content (AvgIpc) is 2.47. The molecule has 20 heavy (non-hydrogen) atoms. The first kappa shape index (κ1) is 15.1. The maximum absolute atomic E-state index is 12.0. The summed E-state index contributed by atoms with van der Waals surface area (Å²) in [6, 6.07) is 19.2. The van der Waals surface area contributed by atoms with E-state index in [1.807, 2.05) is 60.7 Å². The standard InChI is InChI=1S/C14H17N2O2PS/c15-11-12-20(17,18)16-19(13-7-3-1-4-8-13)14-9-5-2-6-10-14/h1-10,16H,11-12,15H2. The maximum atomic E-state index is 12.0. The summed E-state index contributed by atoms with van der Waals surface area (Å²) in [6.45, 7) is 0.113. The van der Waals surface area contributed by atoms with Crippen LogP contribution in [0.25, 0.3) is 0 Å². The number of benzene rings is 2. The molecule has 0 spiro atoms. The highest BCUT2D eigenvalue weighted by Gasteiger charge is 2.20. The van der Waals surface area contributed by atoms with E-state index in [0.29, 0.717) is 0 Å². The lowest BCUT2D eigenvalue weighted by Gasteiger charge is -2.19. The number of hydrogen-bond acceptors (Lipinski definition) is 3. The second-order valence-electron chi connectivity index (χ2n) is 4.21. The molecule has 6 heteroatoms. The van der Waals surface area contributed by atoms with Crippen molar-refractivity contribution in [1.82, 2.24) is 4.49 Å². The highest BCUT2D eigenvalue weighted by atomic mass is 32.2. The SMILES string of the molecule is NCCS(=O)(=O)NP(c1ccccc1)c1ccccc1. The van der Waals surface area contributed by atoms with Crippen LogP contribution in [0.2, 0.25) is 0 Å². The van der Waals surface area contributed by atoms with Crippen molar-refractivity contribution in [2.45, 2.75) is 0 Å². The molecule has 0 aliphatic carbocycles. The first-order chi connectivity index (χ1) is 9.62. The predicted molar refractivity (Wildman–Crippen MR) is 85.0 cm³/mol. The molecule has 0 bridgehead atoms. The van der Waals surface area contributed by atoms with Crippen molar-refractivity contribution >= 4 is 28.7 Å². The summed E-state index contributed by atoms with van der Waals surface area (Å²) in [5.41, 5.74) is 5.36. The van der Waals surface area contributed by atoms with Crippen LogP contribution in [0.15, 0.2) is 60.7 Å². The molecule has 106 valence electrons. The first-order valence-electron chi connectivity index (χ1n) is 6.23. The molecule has 0 aromatic heterocycles. The zero-order valence-corrected chi connectivity index (χ0v) is 12.6. The Morgan fingerprint density at radius 2 is 1.35 bits per heavy atom. The summed E-state index contributed by atoms with van der Waals surface area (Å²) >= 11 is 0. The largest absolute Gasteiger partial charge is 0.329 e. The van der Waals surface area contributed by atoms with Crippen molar-refractivity contribution in [2.24, 2.45) is 5.73 Å². The molecule has 0 amide bonds. The van der Waals surface area contributed by atoms with Gasteiger partial charge in [-0.1, -0.05) is 60.7 Å². The minimum Gasteiger partial charge on any atom is -0.329 e. The zero-order chi connectivity index (χ0) is 14.4. The van der Waals surface area contributed by atoms with E-state index in [-0.39, 0.29) is 12.3 Å². The summed E-state index contributed by atoms with van der Waals surface area (Å²) in [5.74, 6) is -0.0640. The fraction of sp³-hybridized carbons (Fsp3) is 0.143. The van der Waals surface area contributed by atoms with Gasteiger partial charge in [0.05, 0.1) is 5.75 Å². The number of hydrogen-bond donors (Lipinski definition) is 2. The number of sulfonamides is 1. The van der Waals surface area contributed by atoms with E-state index in [9.17, 15) is 8.42 Å². The van der Waals surface area contributed by atoms with E-state index < -0.39 is 18.1 Å². The van der Waals surface area contributed by atoms with Crippen LogP contribution in [0.4, 0.5) is 0 Å². The molecule has 0 unspecified atom stereocenters. The molecule has 0 radical (unpaired) electrons. The fourth-order valence-electron chi connectivity index (χ4n) is 1.75. The van der Waals surface area contributed by atoms with E-state index in [4.69, 9.17) is 5.73 Å². The third-order valence-corrected chi connectivity index (χ3v) is 6.89. The van der Waals surface area contributed by atoms with Crippen LogP contribution in [-0.2, 0) is 10.0 Å². The van der Waals surface area contributed by atoms with E-state index in [1.165, 1.54) is 0 Å². The van der Waals surface area contributed by atoms with Crippen LogP contribution in [0, 0.1) is 0 Å². The van der Waals surface area contributed by atoms with Gasteiger partial charge >= 0.3 is 0 Å². The minimum absolute atomic E-state index is 0.0640. The predicted octanol–water partition coefficient (Wildman–Crippen LogP) is 0.912. The summed E-state index contributed by atoms with van der Waals surface area (Å²) in [5, 5.41) is 1.93. The Kier molecular flexibility index (Phi) is 5.26. The molecule has 0 aliphatic rings. The fourth-order valence-corrected chi connectivity index (χ4v) is 5.62. The van der Waals surface area contributed by atoms with Crippen molar-refractivity contribution in [3.63, 3.8) is 0 Å². The smallest absolute Gasteiger partial charge is 0.216 e. The summed E-state index contributed by atoms with van der Waals surface area (Å²) in [6.07, 6.45) is 0. The Bertz CT molecular complexity index is 593. The molecule has 0 fully saturated rings. The molecular weight excluding hydrogens is 291 g/mol. The Labute approximate surface area is 120 Å². The van der Waals surface area contributed by atoms with E-state index in [2.05, 4.69) is 4.49 Å². The monoisotopic (exact) mass is 308 g/mol. The van der Waals surface area contributed by atoms with Crippen molar-refractivity contribution < 1.29 is 8.42 Å². The van der Waals surface area contributed by atoms with E-state index in [0.717, 1.165) is 10.6 Å². The molecule has 0 atom stereocenters. The third kappa shape index (κ3) is 4.12. The van der Waals surface area contributed by atoms with Gasteiger partial charge in [0.2, 0.25) is 10.0 Å². The number of nitrogens with two attached hydrogens (primary N) is 1. The van der Waals surface area contributed by atoms with Gasteiger partial charge in [-0.05, 0) is 10.6 Å². The third-order valence-electron chi connectivity index (χ3n) is 2.65. The van der Waals surface area contributed by atoms with Gasteiger partial charge in [0, 0.05) is 14.6 Å². The lowest BCUT2D eigenvalue weighted by atomic mass is 10.4. The van der Waals surface area contributed by atoms with Crippen molar-refractivity contribution in [2.75, 3.05) is 12.3 Å². The molecule has 3 N–H and O–H groups in total. The Morgan fingerprint density at radius 3 is 1.75 bits per heavy atom. The molecule has 0 aliphatic heterocycles. The zero-order valence-electron chi connectivity index (χ0n) is 10.9. The molecule has 0 heterocycles. The van der Waals surface area contributed by atoms with E-state index >= 15 is 0 Å². The van der Waals surface area contributed by atoms with Crippen LogP contribution in [0.3, 0.4) is 0 Å². The highest BCUT2D eigenvalue weighted by molar-refractivity contribution is 7.97. The Hall–Kier alpha value is -1.26. The van der Waals surface area contributed by atoms with Gasteiger partial charge in [0.15, 0.2) is 0 Å². The molecule has 4 nitrogen and oxygen atoms in total. The first-order valence-corrected chi connectivity index (χ1v) is 9.22. The Morgan fingerprint density at radius 1 is 0.900 bits per heavy atom. The van der Waals surface area contributed by atoms with Crippen LogP contribution < -0.4 is 20.8 Å². The average molecular weight is 308 g/mol. The number of rotatable bonds is 6. The molecule has 0 saturated carbocycles. The lowest BCUT2D eigenvalue weighted by Crippen LogP contribution is -2.32. The topological polar surface area (TPSA) is 72.2 Å². The van der Waals surface area contributed by atoms with E-state index in [1.54, 1.807) is 0 Å². The van der Waals surface area contributed by atoms with Crippen molar-refractivity contribution in [1.29, 1.82) is 0 Å². The lowest BCUT2D eigenvalue weighted by molar-refractivity contribution is 0.594. The van der Waals surface area contributed by atoms with Crippen LogP contribution in [0.1, 0.15) is 0 Å². The van der Waals surface area contributed by atoms with Crippen molar-refractivity contribution in [3.05, 3.63) is 60.7 Å². The van der Waals surface area contributed by atoms with Gasteiger partial charge in [0.25, 0.3) is 0 Å². The summed E-state index contributed by atoms with van der Waals surface area (Å²) < 4.78 is 26.8. The summed E-state index contributed by atoms with van der Waals surface area (Å²) in [7, 11) is -4.52. The molecular formula is C14H17N2O2PS. The van der Waals surface area contributed by atoms with Gasteiger partial charge < -0.3 is 5.73 Å². The maximum Gasteiger partial charge on any atom is 0.216 e. The molecule has 2 rings (SSSR count). The summed E-state index contributed by atoms with van der Waals surface area (Å²) in [4.78, 5) is 0. The normalized spacial score (nSPS) is 11.7. The second kappa shape index (κ2) is 6.95. The van der Waals surface area contributed by atoms with Crippen LogP contribution in [0.5, 0.6) is 0 Å². The quantitative estimate of drug-likeness (QED) is 0.779. The number of nitrogens with one attached hydrogen (secondary N) is 1. The van der Waals surface area contributed by atoms with Gasteiger partial charge in [-0.2, -0.15) is 4.49 Å². The van der Waals surface area contributed by atoms with Crippen LogP contribution >= 0.6 is 8.07 Å². The van der Waals surface area contributed by atoms with Gasteiger partial charge in [-0.15, -0.1) is 0 Å². The van der Waals surface area contributed by atoms with Gasteiger partial charge in [0.1, 0.15) is 0 Å². The molecule has 2 aromatic rings. The Balaban J connectivity index is 2.36. The minimum atomic E-state index is -3.37. The second-order valence-corrected chi connectivity index (χ2v) is 8.28. The van der Waals surface area contributed by atoms with Crippen molar-refractivity contribution in [3.8, 4) is 0 Å².